The van der Waals surface area contributed by atoms with Crippen molar-refractivity contribution in [1.29, 1.82) is 0 Å². The second-order valence-corrected chi connectivity index (χ2v) is 7.68. The van der Waals surface area contributed by atoms with Gasteiger partial charge in [0.25, 0.3) is 5.91 Å². The van der Waals surface area contributed by atoms with Gasteiger partial charge in [0.1, 0.15) is 0 Å². The third-order valence-corrected chi connectivity index (χ3v) is 4.56. The molecule has 1 N–H and O–H groups in total. The summed E-state index contributed by atoms with van der Waals surface area (Å²) < 4.78 is 0.876. The molecule has 0 unspecified atom stereocenters. The topological polar surface area (TPSA) is 29.1 Å². The molecule has 0 aliphatic heterocycles. The maximum atomic E-state index is 12.5. The summed E-state index contributed by atoms with van der Waals surface area (Å²) in [5.74, 6) is -0.150. The van der Waals surface area contributed by atoms with Gasteiger partial charge in [0.15, 0.2) is 0 Å². The second-order valence-electron chi connectivity index (χ2n) is 4.74. The van der Waals surface area contributed by atoms with Gasteiger partial charge in [-0.1, -0.05) is 53.5 Å². The van der Waals surface area contributed by atoms with Crippen LogP contribution in [0.15, 0.2) is 51.8 Å². The summed E-state index contributed by atoms with van der Waals surface area (Å²) in [6.45, 7) is 4.20. The lowest BCUT2D eigenvalue weighted by molar-refractivity contribution is 0.102. The molecule has 0 aliphatic carbocycles. The van der Waals surface area contributed by atoms with Gasteiger partial charge < -0.3 is 5.32 Å². The van der Waals surface area contributed by atoms with Crippen LogP contribution in [0.3, 0.4) is 0 Å². The zero-order chi connectivity index (χ0) is 15.4. The number of carbonyl (C=O) groups is 1. The number of thioether (sulfide) groups is 1. The molecule has 2 aromatic carbocycles. The maximum absolute atomic E-state index is 12.5. The van der Waals surface area contributed by atoms with Crippen LogP contribution in [0.4, 0.5) is 5.69 Å². The van der Waals surface area contributed by atoms with E-state index < -0.39 is 0 Å². The number of amides is 1. The lowest BCUT2D eigenvalue weighted by Crippen LogP contribution is -2.13. The predicted octanol–water partition coefficient (Wildman–Crippen LogP) is 5.86. The van der Waals surface area contributed by atoms with Crippen LogP contribution in [-0.4, -0.2) is 11.2 Å². The molecule has 2 nitrogen and oxygen atoms in total. The summed E-state index contributed by atoms with van der Waals surface area (Å²) in [6, 6.07) is 13.0. The van der Waals surface area contributed by atoms with Crippen LogP contribution >= 0.6 is 39.3 Å². The molecule has 0 saturated carbocycles. The molecule has 5 heteroatoms. The molecule has 0 spiro atoms. The third kappa shape index (κ3) is 4.50. The van der Waals surface area contributed by atoms with Gasteiger partial charge in [0.05, 0.1) is 16.3 Å². The lowest BCUT2D eigenvalue weighted by Gasteiger charge is -2.12. The van der Waals surface area contributed by atoms with Crippen molar-refractivity contribution in [2.75, 3.05) is 5.32 Å². The minimum absolute atomic E-state index is 0.150. The summed E-state index contributed by atoms with van der Waals surface area (Å²) >= 11 is 11.2. The summed E-state index contributed by atoms with van der Waals surface area (Å²) in [7, 11) is 0. The fourth-order valence-corrected chi connectivity index (χ4v) is 3.46. The van der Waals surface area contributed by atoms with Crippen LogP contribution in [-0.2, 0) is 0 Å². The number of hydrogen-bond donors (Lipinski definition) is 1. The van der Waals surface area contributed by atoms with Gasteiger partial charge in [-0.3, -0.25) is 4.79 Å². The van der Waals surface area contributed by atoms with Crippen molar-refractivity contribution in [3.63, 3.8) is 0 Å². The molecular formula is C16H15BrClNOS. The second kappa shape index (κ2) is 7.34. The number of carbonyl (C=O) groups excluding carboxylic acids is 1. The van der Waals surface area contributed by atoms with Gasteiger partial charge in [-0.05, 0) is 30.3 Å². The molecule has 2 aromatic rings. The van der Waals surface area contributed by atoms with E-state index in [4.69, 9.17) is 11.6 Å². The number of anilines is 1. The van der Waals surface area contributed by atoms with Gasteiger partial charge in [-0.15, -0.1) is 11.8 Å². The Labute approximate surface area is 142 Å². The van der Waals surface area contributed by atoms with Crippen molar-refractivity contribution in [1.82, 2.24) is 0 Å². The highest BCUT2D eigenvalue weighted by atomic mass is 79.9. The molecule has 0 saturated heterocycles. The van der Waals surface area contributed by atoms with Gasteiger partial charge in [0.2, 0.25) is 0 Å². The predicted molar refractivity (Wildman–Crippen MR) is 94.5 cm³/mol. The van der Waals surface area contributed by atoms with E-state index in [-0.39, 0.29) is 5.91 Å². The fourth-order valence-electron chi connectivity index (χ4n) is 1.79. The Kier molecular flexibility index (Phi) is 5.73. The molecule has 0 fully saturated rings. The highest BCUT2D eigenvalue weighted by Crippen LogP contribution is 2.29. The van der Waals surface area contributed by atoms with Crippen LogP contribution in [0.25, 0.3) is 0 Å². The van der Waals surface area contributed by atoms with E-state index in [1.54, 1.807) is 23.9 Å². The van der Waals surface area contributed by atoms with Crippen LogP contribution in [0.2, 0.25) is 5.02 Å². The van der Waals surface area contributed by atoms with Crippen molar-refractivity contribution < 1.29 is 4.79 Å². The van der Waals surface area contributed by atoms with E-state index in [0.29, 0.717) is 21.5 Å². The Bertz CT molecular complexity index is 660. The number of halogens is 2. The fraction of sp³-hybridized carbons (Fsp3) is 0.188. The average Bonchev–Trinajstić information content (AvgIpc) is 2.42. The number of benzene rings is 2. The van der Waals surface area contributed by atoms with Crippen LogP contribution in [0.5, 0.6) is 0 Å². The largest absolute Gasteiger partial charge is 0.321 e. The van der Waals surface area contributed by atoms with Gasteiger partial charge in [0, 0.05) is 14.6 Å². The maximum Gasteiger partial charge on any atom is 0.256 e. The molecule has 110 valence electrons. The first kappa shape index (κ1) is 16.4. The highest BCUT2D eigenvalue weighted by Gasteiger charge is 2.14. The van der Waals surface area contributed by atoms with Gasteiger partial charge in [-0.25, -0.2) is 0 Å². The summed E-state index contributed by atoms with van der Waals surface area (Å²) in [4.78, 5) is 13.4. The molecule has 0 heterocycles. The first-order valence-corrected chi connectivity index (χ1v) is 8.54. The third-order valence-electron chi connectivity index (χ3n) is 2.67. The van der Waals surface area contributed by atoms with E-state index in [1.165, 1.54) is 0 Å². The first-order chi connectivity index (χ1) is 9.97. The Balaban J connectivity index is 2.24. The van der Waals surface area contributed by atoms with E-state index in [9.17, 15) is 4.79 Å². The molecule has 2 rings (SSSR count). The molecule has 0 atom stereocenters. The standard InChI is InChI=1S/C16H15BrClNOS/c1-10(2)21-15-6-4-3-5-12(15)16(20)19-14-8-7-11(17)9-13(14)18/h3-10H,1-2H3,(H,19,20). The van der Waals surface area contributed by atoms with E-state index in [2.05, 4.69) is 35.1 Å². The normalized spacial score (nSPS) is 10.7. The number of hydrogen-bond acceptors (Lipinski definition) is 2. The minimum Gasteiger partial charge on any atom is -0.321 e. The van der Waals surface area contributed by atoms with E-state index in [1.807, 2.05) is 30.3 Å². The lowest BCUT2D eigenvalue weighted by atomic mass is 10.2. The van der Waals surface area contributed by atoms with Crippen molar-refractivity contribution in [2.45, 2.75) is 24.0 Å². The average molecular weight is 385 g/mol. The molecule has 0 bridgehead atoms. The van der Waals surface area contributed by atoms with E-state index >= 15 is 0 Å². The van der Waals surface area contributed by atoms with Gasteiger partial charge >= 0.3 is 0 Å². The molecule has 21 heavy (non-hydrogen) atoms. The molecule has 0 radical (unpaired) electrons. The van der Waals surface area contributed by atoms with E-state index in [0.717, 1.165) is 9.37 Å². The highest BCUT2D eigenvalue weighted by molar-refractivity contribution is 9.10. The summed E-state index contributed by atoms with van der Waals surface area (Å²) in [5, 5.41) is 3.78. The Morgan fingerprint density at radius 2 is 1.95 bits per heavy atom. The Morgan fingerprint density at radius 3 is 2.62 bits per heavy atom. The minimum atomic E-state index is -0.150. The number of rotatable bonds is 4. The van der Waals surface area contributed by atoms with Crippen molar-refractivity contribution in [3.8, 4) is 0 Å². The molecule has 0 aliphatic rings. The molecule has 1 amide bonds. The van der Waals surface area contributed by atoms with Crippen LogP contribution < -0.4 is 5.32 Å². The summed E-state index contributed by atoms with van der Waals surface area (Å²) in [6.07, 6.45) is 0. The number of nitrogens with one attached hydrogen (secondary N) is 1. The Morgan fingerprint density at radius 1 is 1.24 bits per heavy atom. The monoisotopic (exact) mass is 383 g/mol. The quantitative estimate of drug-likeness (QED) is 0.669. The zero-order valence-electron chi connectivity index (χ0n) is 11.7. The smallest absolute Gasteiger partial charge is 0.256 e. The van der Waals surface area contributed by atoms with Gasteiger partial charge in [-0.2, -0.15) is 0 Å². The summed E-state index contributed by atoms with van der Waals surface area (Å²) in [5.41, 5.74) is 1.27. The van der Waals surface area contributed by atoms with Crippen LogP contribution in [0.1, 0.15) is 24.2 Å². The van der Waals surface area contributed by atoms with Crippen molar-refractivity contribution in [3.05, 3.63) is 57.5 Å². The molecular weight excluding hydrogens is 370 g/mol. The van der Waals surface area contributed by atoms with Crippen molar-refractivity contribution >= 4 is 50.9 Å². The zero-order valence-corrected chi connectivity index (χ0v) is 14.8. The van der Waals surface area contributed by atoms with Crippen LogP contribution in [0, 0.1) is 0 Å². The van der Waals surface area contributed by atoms with Crippen molar-refractivity contribution in [2.24, 2.45) is 0 Å². The molecule has 0 aromatic heterocycles. The first-order valence-electron chi connectivity index (χ1n) is 6.49. The Hall–Kier alpha value is -0.970. The SMILES string of the molecule is CC(C)Sc1ccccc1C(=O)Nc1ccc(Br)cc1Cl.